The first kappa shape index (κ1) is 21.6. The lowest BCUT2D eigenvalue weighted by Crippen LogP contribution is -2.15. The summed E-state index contributed by atoms with van der Waals surface area (Å²) in [6.45, 7) is 1.89. The van der Waals surface area contributed by atoms with Crippen molar-refractivity contribution < 1.29 is 13.2 Å². The SMILES string of the molecule is CC(Sc1nc2c(n1-c1ccccc1)CCCC2)C(=O)c1ccc(NS(C)(=O)=O)cc1. The molecule has 6 nitrogen and oxygen atoms in total. The number of aromatic nitrogens is 2. The van der Waals surface area contributed by atoms with Crippen LogP contribution < -0.4 is 4.72 Å². The fourth-order valence-electron chi connectivity index (χ4n) is 3.80. The van der Waals surface area contributed by atoms with Crippen LogP contribution in [0.2, 0.25) is 0 Å². The fraction of sp³-hybridized carbons (Fsp3) is 0.304. The molecule has 1 heterocycles. The maximum atomic E-state index is 13.0. The van der Waals surface area contributed by atoms with Gasteiger partial charge in [0.25, 0.3) is 0 Å². The molecule has 0 spiro atoms. The minimum Gasteiger partial charge on any atom is -0.293 e. The van der Waals surface area contributed by atoms with Crippen LogP contribution in [0.4, 0.5) is 5.69 Å². The van der Waals surface area contributed by atoms with Gasteiger partial charge in [-0.15, -0.1) is 0 Å². The molecule has 31 heavy (non-hydrogen) atoms. The van der Waals surface area contributed by atoms with Crippen LogP contribution in [0.5, 0.6) is 0 Å². The molecule has 0 aliphatic heterocycles. The highest BCUT2D eigenvalue weighted by atomic mass is 32.2. The number of fused-ring (bicyclic) bond motifs is 1. The Balaban J connectivity index is 1.58. The van der Waals surface area contributed by atoms with Gasteiger partial charge < -0.3 is 0 Å². The van der Waals surface area contributed by atoms with Crippen molar-refractivity contribution in [3.8, 4) is 5.69 Å². The van der Waals surface area contributed by atoms with Crippen molar-refractivity contribution in [3.05, 3.63) is 71.5 Å². The average Bonchev–Trinajstić information content (AvgIpc) is 3.11. The van der Waals surface area contributed by atoms with Crippen molar-refractivity contribution in [2.45, 2.75) is 43.0 Å². The lowest BCUT2D eigenvalue weighted by Gasteiger charge is -2.16. The van der Waals surface area contributed by atoms with E-state index >= 15 is 0 Å². The largest absolute Gasteiger partial charge is 0.293 e. The molecular formula is C23H25N3O3S2. The van der Waals surface area contributed by atoms with Crippen molar-refractivity contribution in [1.29, 1.82) is 0 Å². The van der Waals surface area contributed by atoms with Gasteiger partial charge in [0.1, 0.15) is 0 Å². The van der Waals surface area contributed by atoms with E-state index in [-0.39, 0.29) is 11.0 Å². The zero-order valence-corrected chi connectivity index (χ0v) is 19.2. The third-order valence-electron chi connectivity index (χ3n) is 5.24. The molecule has 0 saturated heterocycles. The smallest absolute Gasteiger partial charge is 0.229 e. The number of carbonyl (C=O) groups is 1. The number of anilines is 1. The molecule has 8 heteroatoms. The van der Waals surface area contributed by atoms with E-state index in [9.17, 15) is 13.2 Å². The number of para-hydroxylation sites is 1. The van der Waals surface area contributed by atoms with E-state index < -0.39 is 10.0 Å². The number of hydrogen-bond donors (Lipinski definition) is 1. The second-order valence-electron chi connectivity index (χ2n) is 7.74. The molecule has 4 rings (SSSR count). The average molecular weight is 456 g/mol. The summed E-state index contributed by atoms with van der Waals surface area (Å²) in [5, 5.41) is 0.509. The number of nitrogens with one attached hydrogen (secondary N) is 1. The normalized spacial score (nSPS) is 14.6. The van der Waals surface area contributed by atoms with Crippen molar-refractivity contribution in [2.75, 3.05) is 11.0 Å². The van der Waals surface area contributed by atoms with Crippen molar-refractivity contribution in [1.82, 2.24) is 9.55 Å². The van der Waals surface area contributed by atoms with Gasteiger partial charge in [0.05, 0.1) is 17.2 Å². The van der Waals surface area contributed by atoms with Crippen LogP contribution in [0.3, 0.4) is 0 Å². The Morgan fingerprint density at radius 2 is 1.74 bits per heavy atom. The van der Waals surface area contributed by atoms with E-state index in [0.717, 1.165) is 48.5 Å². The molecule has 0 amide bonds. The lowest BCUT2D eigenvalue weighted by atomic mass is 10.0. The molecule has 1 unspecified atom stereocenters. The van der Waals surface area contributed by atoms with E-state index in [0.29, 0.717) is 11.3 Å². The Morgan fingerprint density at radius 3 is 2.42 bits per heavy atom. The topological polar surface area (TPSA) is 81.1 Å². The summed E-state index contributed by atoms with van der Waals surface area (Å²) in [6, 6.07) is 16.7. The number of thioether (sulfide) groups is 1. The van der Waals surface area contributed by atoms with E-state index in [4.69, 9.17) is 4.98 Å². The zero-order valence-electron chi connectivity index (χ0n) is 17.5. The van der Waals surface area contributed by atoms with Crippen molar-refractivity contribution in [2.24, 2.45) is 0 Å². The monoisotopic (exact) mass is 455 g/mol. The number of imidazole rings is 1. The van der Waals surface area contributed by atoms with E-state index in [1.54, 1.807) is 24.3 Å². The van der Waals surface area contributed by atoms with Gasteiger partial charge in [-0.05, 0) is 69.0 Å². The Labute approximate surface area is 187 Å². The summed E-state index contributed by atoms with van der Waals surface area (Å²) < 4.78 is 27.4. The van der Waals surface area contributed by atoms with E-state index in [2.05, 4.69) is 21.4 Å². The van der Waals surface area contributed by atoms with Crippen molar-refractivity contribution in [3.63, 3.8) is 0 Å². The molecule has 3 aromatic rings. The third kappa shape index (κ3) is 5.02. The van der Waals surface area contributed by atoms with Crippen LogP contribution in [0.15, 0.2) is 59.8 Å². The molecule has 0 saturated carbocycles. The molecule has 0 bridgehead atoms. The predicted molar refractivity (Wildman–Crippen MR) is 125 cm³/mol. The van der Waals surface area contributed by atoms with Crippen LogP contribution in [0.1, 0.15) is 41.5 Å². The number of benzene rings is 2. The highest BCUT2D eigenvalue weighted by molar-refractivity contribution is 8.00. The summed E-state index contributed by atoms with van der Waals surface area (Å²) in [6.07, 6.45) is 5.36. The molecule has 2 aromatic carbocycles. The number of Topliss-reactive ketones (excluding diaryl/α,β-unsaturated/α-hetero) is 1. The van der Waals surface area contributed by atoms with Gasteiger partial charge in [0, 0.05) is 22.6 Å². The van der Waals surface area contributed by atoms with E-state index in [1.165, 1.54) is 17.5 Å². The molecule has 1 N–H and O–H groups in total. The number of hydrogen-bond acceptors (Lipinski definition) is 5. The van der Waals surface area contributed by atoms with Crippen LogP contribution in [0, 0.1) is 0 Å². The summed E-state index contributed by atoms with van der Waals surface area (Å²) in [5.74, 6) is -0.0171. The maximum Gasteiger partial charge on any atom is 0.229 e. The second-order valence-corrected chi connectivity index (χ2v) is 10.8. The second kappa shape index (κ2) is 8.88. The Bertz CT molecular complexity index is 1190. The van der Waals surface area contributed by atoms with Crippen LogP contribution in [-0.4, -0.2) is 35.3 Å². The molecular weight excluding hydrogens is 430 g/mol. The van der Waals surface area contributed by atoms with Gasteiger partial charge in [-0.3, -0.25) is 14.1 Å². The first-order valence-electron chi connectivity index (χ1n) is 10.3. The first-order valence-corrected chi connectivity index (χ1v) is 13.0. The molecule has 1 aromatic heterocycles. The first-order chi connectivity index (χ1) is 14.8. The minimum absolute atomic E-state index is 0.0171. The number of rotatable bonds is 7. The highest BCUT2D eigenvalue weighted by Gasteiger charge is 2.25. The van der Waals surface area contributed by atoms with Gasteiger partial charge in [0.15, 0.2) is 10.9 Å². The molecule has 1 aliphatic rings. The van der Waals surface area contributed by atoms with Crippen LogP contribution in [0.25, 0.3) is 5.69 Å². The minimum atomic E-state index is -3.35. The highest BCUT2D eigenvalue weighted by Crippen LogP contribution is 2.33. The van der Waals surface area contributed by atoms with Crippen LogP contribution >= 0.6 is 11.8 Å². The Hall–Kier alpha value is -2.58. The summed E-state index contributed by atoms with van der Waals surface area (Å²) in [4.78, 5) is 17.9. The quantitative estimate of drug-likeness (QED) is 0.419. The summed E-state index contributed by atoms with van der Waals surface area (Å²) in [5.41, 5.74) is 4.43. The lowest BCUT2D eigenvalue weighted by molar-refractivity contribution is 0.0994. The number of sulfonamides is 1. The van der Waals surface area contributed by atoms with Gasteiger partial charge in [0.2, 0.25) is 10.0 Å². The molecule has 1 atom stereocenters. The predicted octanol–water partition coefficient (Wildman–Crippen LogP) is 4.49. The fourth-order valence-corrected chi connectivity index (χ4v) is 5.41. The third-order valence-corrected chi connectivity index (χ3v) is 6.90. The van der Waals surface area contributed by atoms with Crippen molar-refractivity contribution >= 4 is 33.3 Å². The summed E-state index contributed by atoms with van der Waals surface area (Å²) >= 11 is 1.47. The molecule has 1 aliphatic carbocycles. The standard InChI is InChI=1S/C23H25N3O3S2/c1-16(22(27)17-12-14-18(15-13-17)25-31(2,28)29)30-23-24-20-10-6-7-11-21(20)26(23)19-8-4-3-5-9-19/h3-5,8-9,12-16,25H,6-7,10-11H2,1-2H3. The number of ketones is 1. The van der Waals surface area contributed by atoms with E-state index in [1.807, 2.05) is 25.1 Å². The zero-order chi connectivity index (χ0) is 22.0. The Kier molecular flexibility index (Phi) is 6.20. The van der Waals surface area contributed by atoms with Crippen LogP contribution in [-0.2, 0) is 22.9 Å². The number of carbonyl (C=O) groups excluding carboxylic acids is 1. The Morgan fingerprint density at radius 1 is 1.06 bits per heavy atom. The van der Waals surface area contributed by atoms with Gasteiger partial charge in [-0.25, -0.2) is 13.4 Å². The molecule has 162 valence electrons. The van der Waals surface area contributed by atoms with Gasteiger partial charge in [-0.1, -0.05) is 30.0 Å². The molecule has 0 radical (unpaired) electrons. The van der Waals surface area contributed by atoms with Gasteiger partial charge in [-0.2, -0.15) is 0 Å². The molecule has 0 fully saturated rings. The maximum absolute atomic E-state index is 13.0. The number of nitrogens with zero attached hydrogens (tertiary/aromatic N) is 2. The van der Waals surface area contributed by atoms with Gasteiger partial charge >= 0.3 is 0 Å². The summed E-state index contributed by atoms with van der Waals surface area (Å²) in [7, 11) is -3.35. The number of aryl methyl sites for hydroxylation is 1.